The first-order valence-corrected chi connectivity index (χ1v) is 7.39. The Morgan fingerprint density at radius 2 is 1.79 bits per heavy atom. The van der Waals surface area contributed by atoms with E-state index in [-0.39, 0.29) is 17.4 Å². The van der Waals surface area contributed by atoms with Crippen molar-refractivity contribution in [1.29, 1.82) is 0 Å². The second kappa shape index (κ2) is 6.16. The van der Waals surface area contributed by atoms with Crippen LogP contribution in [0.25, 0.3) is 0 Å². The molecule has 2 aromatic rings. The van der Waals surface area contributed by atoms with Gasteiger partial charge in [0.1, 0.15) is 5.75 Å². The molecule has 0 bridgehead atoms. The van der Waals surface area contributed by atoms with Crippen molar-refractivity contribution in [2.24, 2.45) is 0 Å². The number of methoxy groups -OCH3 is 1. The zero-order valence-corrected chi connectivity index (χ0v) is 13.3. The first-order chi connectivity index (χ1) is 11.5. The summed E-state index contributed by atoms with van der Waals surface area (Å²) in [6, 6.07) is 11.9. The third kappa shape index (κ3) is 2.62. The highest BCUT2D eigenvalue weighted by Gasteiger charge is 2.33. The Hall–Kier alpha value is -3.15. The number of ether oxygens (including phenoxy) is 1. The molecule has 6 nitrogen and oxygen atoms in total. The summed E-state index contributed by atoms with van der Waals surface area (Å²) in [6.07, 6.45) is 0. The number of nitrogens with zero attached hydrogens (tertiary/aromatic N) is 1. The van der Waals surface area contributed by atoms with Crippen LogP contribution < -0.4 is 10.1 Å². The van der Waals surface area contributed by atoms with Crippen molar-refractivity contribution >= 4 is 17.7 Å². The maximum atomic E-state index is 12.3. The molecule has 0 spiro atoms. The molecule has 24 heavy (non-hydrogen) atoms. The SMILES string of the molecule is COc1ccccc1CNC(=O)c1ccc2c(c1)C(=O)N(C)C2=O. The maximum absolute atomic E-state index is 12.3. The van der Waals surface area contributed by atoms with E-state index in [4.69, 9.17) is 4.74 Å². The minimum Gasteiger partial charge on any atom is -0.496 e. The fourth-order valence-corrected chi connectivity index (χ4v) is 2.63. The van der Waals surface area contributed by atoms with Crippen molar-refractivity contribution < 1.29 is 19.1 Å². The van der Waals surface area contributed by atoms with Gasteiger partial charge in [0.25, 0.3) is 17.7 Å². The summed E-state index contributed by atoms with van der Waals surface area (Å²) >= 11 is 0. The summed E-state index contributed by atoms with van der Waals surface area (Å²) in [4.78, 5) is 37.2. The Balaban J connectivity index is 1.77. The van der Waals surface area contributed by atoms with E-state index in [2.05, 4.69) is 5.32 Å². The van der Waals surface area contributed by atoms with Crippen molar-refractivity contribution in [2.75, 3.05) is 14.2 Å². The van der Waals surface area contributed by atoms with Gasteiger partial charge in [-0.15, -0.1) is 0 Å². The van der Waals surface area contributed by atoms with Crippen LogP contribution in [-0.2, 0) is 6.54 Å². The molecular formula is C18H16N2O4. The number of nitrogens with one attached hydrogen (secondary N) is 1. The molecule has 2 aromatic carbocycles. The predicted molar refractivity (Wildman–Crippen MR) is 87.0 cm³/mol. The molecule has 0 fully saturated rings. The van der Waals surface area contributed by atoms with E-state index >= 15 is 0 Å². The summed E-state index contributed by atoms with van der Waals surface area (Å²) in [5.74, 6) is -0.377. The molecule has 1 aliphatic heterocycles. The Morgan fingerprint density at radius 1 is 1.08 bits per heavy atom. The molecule has 0 unspecified atom stereocenters. The second-order valence-corrected chi connectivity index (χ2v) is 5.42. The highest BCUT2D eigenvalue weighted by atomic mass is 16.5. The van der Waals surface area contributed by atoms with E-state index in [0.29, 0.717) is 23.4 Å². The first-order valence-electron chi connectivity index (χ1n) is 7.39. The molecule has 0 saturated carbocycles. The van der Waals surface area contributed by atoms with Gasteiger partial charge in [-0.25, -0.2) is 0 Å². The Morgan fingerprint density at radius 3 is 2.54 bits per heavy atom. The highest BCUT2D eigenvalue weighted by molar-refractivity contribution is 6.21. The third-order valence-electron chi connectivity index (χ3n) is 3.98. The lowest BCUT2D eigenvalue weighted by Crippen LogP contribution is -2.24. The van der Waals surface area contributed by atoms with Gasteiger partial charge >= 0.3 is 0 Å². The number of amides is 3. The van der Waals surface area contributed by atoms with Gasteiger partial charge < -0.3 is 10.1 Å². The molecule has 1 heterocycles. The fraction of sp³-hybridized carbons (Fsp3) is 0.167. The van der Waals surface area contributed by atoms with E-state index in [0.717, 1.165) is 10.5 Å². The molecular weight excluding hydrogens is 308 g/mol. The molecule has 0 saturated heterocycles. The van der Waals surface area contributed by atoms with Crippen LogP contribution in [0.4, 0.5) is 0 Å². The van der Waals surface area contributed by atoms with Gasteiger partial charge in [-0.05, 0) is 24.3 Å². The smallest absolute Gasteiger partial charge is 0.261 e. The Kier molecular flexibility index (Phi) is 4.04. The Bertz CT molecular complexity index is 845. The lowest BCUT2D eigenvalue weighted by Gasteiger charge is -2.10. The van der Waals surface area contributed by atoms with Crippen molar-refractivity contribution in [2.45, 2.75) is 6.54 Å². The van der Waals surface area contributed by atoms with Crippen LogP contribution in [0.1, 0.15) is 36.6 Å². The van der Waals surface area contributed by atoms with E-state index in [1.54, 1.807) is 13.2 Å². The summed E-state index contributed by atoms with van der Waals surface area (Å²) in [5.41, 5.74) is 1.76. The van der Waals surface area contributed by atoms with Crippen LogP contribution in [0.2, 0.25) is 0 Å². The number of para-hydroxylation sites is 1. The number of benzene rings is 2. The minimum atomic E-state index is -0.394. The number of rotatable bonds is 4. The van der Waals surface area contributed by atoms with Crippen molar-refractivity contribution in [1.82, 2.24) is 10.2 Å². The minimum absolute atomic E-state index is 0.257. The van der Waals surface area contributed by atoms with E-state index in [9.17, 15) is 14.4 Å². The zero-order valence-electron chi connectivity index (χ0n) is 13.3. The van der Waals surface area contributed by atoms with Crippen LogP contribution in [0.3, 0.4) is 0 Å². The molecule has 1 N–H and O–H groups in total. The number of carbonyl (C=O) groups excluding carboxylic acids is 3. The number of fused-ring (bicyclic) bond motifs is 1. The van der Waals surface area contributed by atoms with E-state index in [1.165, 1.54) is 19.2 Å². The van der Waals surface area contributed by atoms with Crippen LogP contribution in [0.5, 0.6) is 5.75 Å². The standard InChI is InChI=1S/C18H16N2O4/c1-20-17(22)13-8-7-11(9-14(13)18(20)23)16(21)19-10-12-5-3-4-6-15(12)24-2/h3-9H,10H2,1-2H3,(H,19,21). The van der Waals surface area contributed by atoms with Gasteiger partial charge in [0.05, 0.1) is 18.2 Å². The van der Waals surface area contributed by atoms with Gasteiger partial charge in [-0.3, -0.25) is 19.3 Å². The summed E-state index contributed by atoms with van der Waals surface area (Å²) in [6.45, 7) is 0.298. The zero-order chi connectivity index (χ0) is 17.3. The van der Waals surface area contributed by atoms with Gasteiger partial charge in [0.2, 0.25) is 0 Å². The van der Waals surface area contributed by atoms with Crippen LogP contribution >= 0.6 is 0 Å². The van der Waals surface area contributed by atoms with Crippen molar-refractivity contribution in [3.63, 3.8) is 0 Å². The molecule has 122 valence electrons. The van der Waals surface area contributed by atoms with Gasteiger partial charge in [-0.1, -0.05) is 18.2 Å². The van der Waals surface area contributed by atoms with Crippen molar-refractivity contribution in [3.8, 4) is 5.75 Å². The molecule has 0 radical (unpaired) electrons. The molecule has 6 heteroatoms. The Labute approximate surface area is 139 Å². The number of hydrogen-bond donors (Lipinski definition) is 1. The van der Waals surface area contributed by atoms with Crippen LogP contribution in [0.15, 0.2) is 42.5 Å². The normalized spacial score (nSPS) is 13.0. The lowest BCUT2D eigenvalue weighted by molar-refractivity contribution is 0.0693. The molecule has 0 aromatic heterocycles. The monoisotopic (exact) mass is 324 g/mol. The summed E-state index contributed by atoms with van der Waals surface area (Å²) in [5, 5.41) is 2.79. The number of imide groups is 1. The quantitative estimate of drug-likeness (QED) is 0.871. The summed E-state index contributed by atoms with van der Waals surface area (Å²) < 4.78 is 5.24. The maximum Gasteiger partial charge on any atom is 0.261 e. The molecule has 3 rings (SSSR count). The number of hydrogen-bond acceptors (Lipinski definition) is 4. The topological polar surface area (TPSA) is 75.7 Å². The average molecular weight is 324 g/mol. The van der Waals surface area contributed by atoms with Crippen LogP contribution in [0, 0.1) is 0 Å². The predicted octanol–water partition coefficient (Wildman–Crippen LogP) is 1.85. The van der Waals surface area contributed by atoms with Crippen LogP contribution in [-0.4, -0.2) is 36.8 Å². The van der Waals surface area contributed by atoms with Gasteiger partial charge in [0.15, 0.2) is 0 Å². The number of carbonyl (C=O) groups is 3. The molecule has 1 aliphatic rings. The largest absolute Gasteiger partial charge is 0.496 e. The summed E-state index contributed by atoms with van der Waals surface area (Å²) in [7, 11) is 2.99. The first kappa shape index (κ1) is 15.7. The van der Waals surface area contributed by atoms with Gasteiger partial charge in [-0.2, -0.15) is 0 Å². The van der Waals surface area contributed by atoms with E-state index in [1.807, 2.05) is 24.3 Å². The molecule has 0 atom stereocenters. The highest BCUT2D eigenvalue weighted by Crippen LogP contribution is 2.23. The fourth-order valence-electron chi connectivity index (χ4n) is 2.63. The average Bonchev–Trinajstić information content (AvgIpc) is 2.84. The lowest BCUT2D eigenvalue weighted by atomic mass is 10.1. The second-order valence-electron chi connectivity index (χ2n) is 5.42. The third-order valence-corrected chi connectivity index (χ3v) is 3.98. The molecule has 3 amide bonds. The van der Waals surface area contributed by atoms with E-state index < -0.39 is 5.91 Å². The van der Waals surface area contributed by atoms with Crippen molar-refractivity contribution in [3.05, 3.63) is 64.7 Å². The molecule has 0 aliphatic carbocycles. The van der Waals surface area contributed by atoms with Gasteiger partial charge in [0, 0.05) is 24.7 Å².